The lowest BCUT2D eigenvalue weighted by Crippen LogP contribution is -2.44. The molecule has 43 heavy (non-hydrogen) atoms. The molecule has 232 valence electrons. The van der Waals surface area contributed by atoms with Gasteiger partial charge in [0, 0.05) is 6.42 Å². The summed E-state index contributed by atoms with van der Waals surface area (Å²) in [7, 11) is -8.20. The van der Waals surface area contributed by atoms with E-state index in [1.165, 1.54) is 30.3 Å². The number of hydrogen-bond donors (Lipinski definition) is 0. The molecule has 0 bridgehead atoms. The van der Waals surface area contributed by atoms with Crippen LogP contribution in [0.15, 0.2) is 76.5 Å². The molecule has 15 heteroatoms. The quantitative estimate of drug-likeness (QED) is 0.213. The van der Waals surface area contributed by atoms with Crippen molar-refractivity contribution in [2.24, 2.45) is 0 Å². The molecular formula is C28H26ClF4NO7S2. The number of ether oxygens (including phenoxy) is 2. The number of carbonyl (C=O) groups excluding carboxylic acids is 1. The SMILES string of the molecule is CC(C)(OC(=O)Cc1ccc2c(c1)N(S(=O)(=O)c1ccc(F)c(Cl)c1)C[C@H](CCS(=O)(=O)c1ccccc1)O2)C(F)(F)F. The maximum atomic E-state index is 13.8. The highest BCUT2D eigenvalue weighted by molar-refractivity contribution is 7.93. The third kappa shape index (κ3) is 7.24. The van der Waals surface area contributed by atoms with E-state index >= 15 is 0 Å². The molecule has 0 N–H and O–H groups in total. The minimum absolute atomic E-state index is 0.0119. The normalized spacial score (nSPS) is 15.9. The van der Waals surface area contributed by atoms with Gasteiger partial charge in [-0.2, -0.15) is 13.2 Å². The van der Waals surface area contributed by atoms with E-state index in [0.717, 1.165) is 22.5 Å². The third-order valence-electron chi connectivity index (χ3n) is 6.65. The largest absolute Gasteiger partial charge is 0.486 e. The molecule has 0 saturated carbocycles. The number of sulfonamides is 1. The van der Waals surface area contributed by atoms with Gasteiger partial charge < -0.3 is 9.47 Å². The van der Waals surface area contributed by atoms with E-state index in [2.05, 4.69) is 4.74 Å². The predicted molar refractivity (Wildman–Crippen MR) is 150 cm³/mol. The molecule has 0 unspecified atom stereocenters. The molecule has 8 nitrogen and oxygen atoms in total. The smallest absolute Gasteiger partial charge is 0.427 e. The minimum Gasteiger partial charge on any atom is -0.486 e. The summed E-state index contributed by atoms with van der Waals surface area (Å²) in [5.74, 6) is -2.41. The van der Waals surface area contributed by atoms with Crippen molar-refractivity contribution in [3.8, 4) is 5.75 Å². The van der Waals surface area contributed by atoms with Gasteiger partial charge in [0.25, 0.3) is 10.0 Å². The number of nitrogens with zero attached hydrogens (tertiary/aromatic N) is 1. The molecule has 1 atom stereocenters. The van der Waals surface area contributed by atoms with Gasteiger partial charge in [0.05, 0.1) is 39.2 Å². The highest BCUT2D eigenvalue weighted by atomic mass is 35.5. The van der Waals surface area contributed by atoms with E-state index in [1.807, 2.05) is 0 Å². The molecule has 3 aromatic carbocycles. The average Bonchev–Trinajstić information content (AvgIpc) is 2.92. The van der Waals surface area contributed by atoms with Crippen LogP contribution in [0.4, 0.5) is 23.2 Å². The molecule has 1 aliphatic rings. The zero-order chi connectivity index (χ0) is 31.8. The first-order chi connectivity index (χ1) is 19.9. The van der Waals surface area contributed by atoms with Gasteiger partial charge in [-0.3, -0.25) is 9.10 Å². The van der Waals surface area contributed by atoms with Crippen LogP contribution in [-0.4, -0.2) is 53.0 Å². The molecule has 0 fully saturated rings. The van der Waals surface area contributed by atoms with Crippen molar-refractivity contribution in [2.45, 2.75) is 54.4 Å². The average molecular weight is 664 g/mol. The van der Waals surface area contributed by atoms with Gasteiger partial charge in [-0.05, 0) is 61.9 Å². The first kappa shape index (κ1) is 32.6. The summed E-state index contributed by atoms with van der Waals surface area (Å²) in [5, 5.41) is -0.455. The number of sulfone groups is 1. The Morgan fingerprint density at radius 1 is 1.00 bits per heavy atom. The van der Waals surface area contributed by atoms with Gasteiger partial charge >= 0.3 is 12.1 Å². The fourth-order valence-corrected chi connectivity index (χ4v) is 7.34. The standard InChI is InChI=1S/C28H26ClF4NO7S2/c1-27(2,28(31,32)33)41-26(35)15-18-8-11-25-24(14-18)34(43(38,39)21-9-10-23(30)22(29)16-21)17-19(40-25)12-13-42(36,37)20-6-4-3-5-7-20/h3-11,14,16,19H,12-13,15,17H2,1-2H3/t19-/m0/s1. The number of carbonyl (C=O) groups is 1. The molecular weight excluding hydrogens is 638 g/mol. The second kappa shape index (κ2) is 12.0. The van der Waals surface area contributed by atoms with Crippen LogP contribution < -0.4 is 9.04 Å². The fraction of sp³-hybridized carbons (Fsp3) is 0.321. The Balaban J connectivity index is 1.66. The van der Waals surface area contributed by atoms with Crippen molar-refractivity contribution in [3.63, 3.8) is 0 Å². The van der Waals surface area contributed by atoms with Crippen LogP contribution in [0.25, 0.3) is 0 Å². The summed E-state index contributed by atoms with van der Waals surface area (Å²) in [5.41, 5.74) is -2.71. The molecule has 1 heterocycles. The van der Waals surface area contributed by atoms with E-state index in [9.17, 15) is 39.2 Å². The van der Waals surface area contributed by atoms with E-state index in [-0.39, 0.29) is 45.5 Å². The van der Waals surface area contributed by atoms with Gasteiger partial charge in [-0.15, -0.1) is 0 Å². The lowest BCUT2D eigenvalue weighted by Gasteiger charge is -2.36. The lowest BCUT2D eigenvalue weighted by molar-refractivity contribution is -0.257. The topological polar surface area (TPSA) is 107 Å². The van der Waals surface area contributed by atoms with Crippen molar-refractivity contribution in [1.29, 1.82) is 0 Å². The molecule has 0 aromatic heterocycles. The summed E-state index contributed by atoms with van der Waals surface area (Å²) < 4.78 is 118. The van der Waals surface area contributed by atoms with Crippen LogP contribution >= 0.6 is 11.6 Å². The first-order valence-corrected chi connectivity index (χ1v) is 16.2. The molecule has 3 aromatic rings. The molecule has 0 amide bonds. The Labute approximate surface area is 251 Å². The summed E-state index contributed by atoms with van der Waals surface area (Å²) in [6.07, 6.45) is -6.49. The van der Waals surface area contributed by atoms with E-state index in [1.54, 1.807) is 18.2 Å². The van der Waals surface area contributed by atoms with Crippen molar-refractivity contribution < 1.29 is 48.7 Å². The minimum atomic E-state index is -4.82. The number of rotatable bonds is 9. The Bertz CT molecular complexity index is 1730. The monoisotopic (exact) mass is 663 g/mol. The van der Waals surface area contributed by atoms with E-state index in [4.69, 9.17) is 16.3 Å². The lowest BCUT2D eigenvalue weighted by atomic mass is 10.1. The van der Waals surface area contributed by atoms with Gasteiger partial charge in [-0.1, -0.05) is 35.9 Å². The summed E-state index contributed by atoms with van der Waals surface area (Å²) >= 11 is 5.83. The van der Waals surface area contributed by atoms with Crippen LogP contribution in [0.2, 0.25) is 5.02 Å². The summed E-state index contributed by atoms with van der Waals surface area (Å²) in [4.78, 5) is 12.1. The number of anilines is 1. The van der Waals surface area contributed by atoms with E-state index in [0.29, 0.717) is 13.8 Å². The van der Waals surface area contributed by atoms with Crippen LogP contribution in [-0.2, 0) is 35.8 Å². The number of alkyl halides is 3. The zero-order valence-electron chi connectivity index (χ0n) is 22.8. The Morgan fingerprint density at radius 3 is 2.30 bits per heavy atom. The number of esters is 1. The molecule has 0 spiro atoms. The van der Waals surface area contributed by atoms with Gasteiger partial charge in [0.15, 0.2) is 9.84 Å². The number of fused-ring (bicyclic) bond motifs is 1. The van der Waals surface area contributed by atoms with Crippen LogP contribution in [0.1, 0.15) is 25.8 Å². The number of hydrogen-bond acceptors (Lipinski definition) is 7. The highest BCUT2D eigenvalue weighted by Crippen LogP contribution is 2.39. The number of halogens is 5. The molecule has 0 saturated heterocycles. The molecule has 0 aliphatic carbocycles. The molecule has 1 aliphatic heterocycles. The Hall–Kier alpha value is -3.36. The number of benzene rings is 3. The Morgan fingerprint density at radius 2 is 1.67 bits per heavy atom. The van der Waals surface area contributed by atoms with Crippen LogP contribution in [0.3, 0.4) is 0 Å². The van der Waals surface area contributed by atoms with Crippen molar-refractivity contribution in [3.05, 3.63) is 83.1 Å². The molecule has 4 rings (SSSR count). The van der Waals surface area contributed by atoms with Crippen LogP contribution in [0.5, 0.6) is 5.75 Å². The highest BCUT2D eigenvalue weighted by Gasteiger charge is 2.50. The zero-order valence-corrected chi connectivity index (χ0v) is 25.2. The van der Waals surface area contributed by atoms with Crippen molar-refractivity contribution in [1.82, 2.24) is 0 Å². The Kier molecular flexibility index (Phi) is 9.06. The second-order valence-electron chi connectivity index (χ2n) is 10.2. The van der Waals surface area contributed by atoms with Crippen molar-refractivity contribution in [2.75, 3.05) is 16.6 Å². The maximum absolute atomic E-state index is 13.8. The van der Waals surface area contributed by atoms with Crippen LogP contribution in [0, 0.1) is 5.82 Å². The van der Waals surface area contributed by atoms with Gasteiger partial charge in [-0.25, -0.2) is 21.2 Å². The van der Waals surface area contributed by atoms with Gasteiger partial charge in [0.2, 0.25) is 5.60 Å². The first-order valence-electron chi connectivity index (χ1n) is 12.7. The summed E-state index contributed by atoms with van der Waals surface area (Å²) in [6.45, 7) is 1.03. The summed E-state index contributed by atoms with van der Waals surface area (Å²) in [6, 6.07) is 14.4. The second-order valence-corrected chi connectivity index (χ2v) is 14.6. The maximum Gasteiger partial charge on any atom is 0.427 e. The van der Waals surface area contributed by atoms with Crippen molar-refractivity contribution >= 4 is 43.1 Å². The predicted octanol–water partition coefficient (Wildman–Crippen LogP) is 5.73. The van der Waals surface area contributed by atoms with Gasteiger partial charge in [0.1, 0.15) is 17.7 Å². The fourth-order valence-electron chi connectivity index (χ4n) is 4.19. The van der Waals surface area contributed by atoms with E-state index < -0.39 is 61.0 Å². The molecule has 0 radical (unpaired) electrons. The third-order valence-corrected chi connectivity index (χ3v) is 10.5.